The summed E-state index contributed by atoms with van der Waals surface area (Å²) in [5.41, 5.74) is 6.71. The number of aromatic nitrogens is 1. The van der Waals surface area contributed by atoms with Crippen LogP contribution in [-0.4, -0.2) is 28.9 Å². The molecule has 0 saturated heterocycles. The van der Waals surface area contributed by atoms with E-state index in [0.29, 0.717) is 5.92 Å². The molecular formula is C15H23N3O. The summed E-state index contributed by atoms with van der Waals surface area (Å²) < 4.78 is 0. The second-order valence-corrected chi connectivity index (χ2v) is 5.20. The van der Waals surface area contributed by atoms with Gasteiger partial charge in [-0.25, -0.2) is 0 Å². The first-order chi connectivity index (χ1) is 9.19. The van der Waals surface area contributed by atoms with Gasteiger partial charge in [0.15, 0.2) is 0 Å². The number of amides is 1. The number of carbonyl (C=O) groups is 1. The molecule has 4 nitrogen and oxygen atoms in total. The molecule has 0 radical (unpaired) electrons. The number of carbonyl (C=O) groups excluding carboxylic acids is 1. The summed E-state index contributed by atoms with van der Waals surface area (Å²) in [4.78, 5) is 18.1. The SMILES string of the molecule is CCN(CC)C(c1cccnc1)C1CCC1C(N)=O. The monoisotopic (exact) mass is 261 g/mol. The largest absolute Gasteiger partial charge is 0.369 e. The third kappa shape index (κ3) is 2.78. The van der Waals surface area contributed by atoms with Gasteiger partial charge in [-0.1, -0.05) is 19.9 Å². The van der Waals surface area contributed by atoms with Crippen molar-refractivity contribution in [3.8, 4) is 0 Å². The van der Waals surface area contributed by atoms with E-state index in [2.05, 4.69) is 29.8 Å². The van der Waals surface area contributed by atoms with Gasteiger partial charge in [0.1, 0.15) is 0 Å². The number of nitrogens with zero attached hydrogens (tertiary/aromatic N) is 2. The van der Waals surface area contributed by atoms with Gasteiger partial charge in [0, 0.05) is 24.4 Å². The van der Waals surface area contributed by atoms with Gasteiger partial charge in [-0.2, -0.15) is 0 Å². The molecule has 1 saturated carbocycles. The Bertz CT molecular complexity index is 417. The van der Waals surface area contributed by atoms with Crippen molar-refractivity contribution in [1.82, 2.24) is 9.88 Å². The fourth-order valence-electron chi connectivity index (χ4n) is 3.15. The van der Waals surface area contributed by atoms with E-state index in [1.807, 2.05) is 12.3 Å². The lowest BCUT2D eigenvalue weighted by atomic mass is 9.67. The van der Waals surface area contributed by atoms with E-state index in [0.717, 1.165) is 25.9 Å². The van der Waals surface area contributed by atoms with Crippen molar-refractivity contribution in [2.75, 3.05) is 13.1 Å². The molecule has 1 aromatic rings. The molecule has 1 aromatic heterocycles. The Morgan fingerprint density at radius 1 is 1.47 bits per heavy atom. The van der Waals surface area contributed by atoms with Crippen molar-refractivity contribution in [1.29, 1.82) is 0 Å². The predicted molar refractivity (Wildman–Crippen MR) is 75.3 cm³/mol. The van der Waals surface area contributed by atoms with Crippen LogP contribution in [0.4, 0.5) is 0 Å². The van der Waals surface area contributed by atoms with E-state index in [4.69, 9.17) is 5.73 Å². The average molecular weight is 261 g/mol. The normalized spacial score (nSPS) is 23.9. The van der Waals surface area contributed by atoms with Crippen LogP contribution in [0.5, 0.6) is 0 Å². The molecule has 19 heavy (non-hydrogen) atoms. The second kappa shape index (κ2) is 6.15. The van der Waals surface area contributed by atoms with Crippen molar-refractivity contribution in [2.24, 2.45) is 17.6 Å². The average Bonchev–Trinajstić information content (AvgIpc) is 2.38. The van der Waals surface area contributed by atoms with Crippen LogP contribution in [0.3, 0.4) is 0 Å². The smallest absolute Gasteiger partial charge is 0.220 e. The fraction of sp³-hybridized carbons (Fsp3) is 0.600. The van der Waals surface area contributed by atoms with E-state index in [-0.39, 0.29) is 17.9 Å². The van der Waals surface area contributed by atoms with Crippen LogP contribution in [0.15, 0.2) is 24.5 Å². The van der Waals surface area contributed by atoms with E-state index in [1.54, 1.807) is 6.20 Å². The zero-order valence-corrected chi connectivity index (χ0v) is 11.7. The Balaban J connectivity index is 2.27. The Kier molecular flexibility index (Phi) is 4.53. The fourth-order valence-corrected chi connectivity index (χ4v) is 3.15. The summed E-state index contributed by atoms with van der Waals surface area (Å²) in [7, 11) is 0. The van der Waals surface area contributed by atoms with Gasteiger partial charge in [-0.3, -0.25) is 14.7 Å². The zero-order valence-electron chi connectivity index (χ0n) is 11.7. The van der Waals surface area contributed by atoms with E-state index >= 15 is 0 Å². The highest BCUT2D eigenvalue weighted by Gasteiger charge is 2.42. The minimum absolute atomic E-state index is 0.0193. The summed E-state index contributed by atoms with van der Waals surface area (Å²) in [5, 5.41) is 0. The maximum absolute atomic E-state index is 11.5. The van der Waals surface area contributed by atoms with Crippen molar-refractivity contribution in [2.45, 2.75) is 32.7 Å². The molecular weight excluding hydrogens is 238 g/mol. The molecule has 0 spiro atoms. The summed E-state index contributed by atoms with van der Waals surface area (Å²) in [6.07, 6.45) is 5.70. The van der Waals surface area contributed by atoms with Crippen LogP contribution in [0.25, 0.3) is 0 Å². The van der Waals surface area contributed by atoms with Crippen LogP contribution >= 0.6 is 0 Å². The summed E-state index contributed by atoms with van der Waals surface area (Å²) in [5.74, 6) is 0.199. The van der Waals surface area contributed by atoms with Crippen molar-refractivity contribution in [3.05, 3.63) is 30.1 Å². The van der Waals surface area contributed by atoms with Gasteiger partial charge in [0.2, 0.25) is 5.91 Å². The van der Waals surface area contributed by atoms with E-state index in [9.17, 15) is 4.79 Å². The molecule has 2 N–H and O–H groups in total. The molecule has 104 valence electrons. The third-order valence-electron chi connectivity index (χ3n) is 4.33. The first kappa shape index (κ1) is 14.0. The minimum Gasteiger partial charge on any atom is -0.369 e. The predicted octanol–water partition coefficient (Wildman–Crippen LogP) is 1.98. The van der Waals surface area contributed by atoms with E-state index in [1.165, 1.54) is 5.56 Å². The molecule has 0 aliphatic heterocycles. The molecule has 1 aliphatic carbocycles. The number of pyridine rings is 1. The number of nitrogens with two attached hydrogens (primary N) is 1. The maximum Gasteiger partial charge on any atom is 0.220 e. The van der Waals surface area contributed by atoms with Crippen LogP contribution < -0.4 is 5.73 Å². The highest BCUT2D eigenvalue weighted by Crippen LogP contribution is 2.45. The van der Waals surface area contributed by atoms with Gasteiger partial charge >= 0.3 is 0 Å². The van der Waals surface area contributed by atoms with Gasteiger partial charge < -0.3 is 5.73 Å². The van der Waals surface area contributed by atoms with Crippen molar-refractivity contribution >= 4 is 5.91 Å². The quantitative estimate of drug-likeness (QED) is 0.851. The van der Waals surface area contributed by atoms with Crippen LogP contribution in [0.1, 0.15) is 38.3 Å². The Labute approximate surface area is 115 Å². The number of hydrogen-bond acceptors (Lipinski definition) is 3. The summed E-state index contributed by atoms with van der Waals surface area (Å²) in [6.45, 7) is 6.26. The number of primary amides is 1. The lowest BCUT2D eigenvalue weighted by molar-refractivity contribution is -0.129. The molecule has 0 bridgehead atoms. The molecule has 3 atom stereocenters. The molecule has 1 aliphatic rings. The van der Waals surface area contributed by atoms with Crippen LogP contribution in [0, 0.1) is 11.8 Å². The molecule has 1 fully saturated rings. The van der Waals surface area contributed by atoms with Crippen LogP contribution in [0.2, 0.25) is 0 Å². The van der Waals surface area contributed by atoms with Gasteiger partial charge in [0.05, 0.1) is 0 Å². The highest BCUT2D eigenvalue weighted by atomic mass is 16.1. The Morgan fingerprint density at radius 2 is 2.21 bits per heavy atom. The molecule has 3 unspecified atom stereocenters. The first-order valence-electron chi connectivity index (χ1n) is 7.12. The lowest BCUT2D eigenvalue weighted by Crippen LogP contribution is -2.46. The lowest BCUT2D eigenvalue weighted by Gasteiger charge is -2.44. The Morgan fingerprint density at radius 3 is 2.63 bits per heavy atom. The zero-order chi connectivity index (χ0) is 13.8. The topological polar surface area (TPSA) is 59.2 Å². The van der Waals surface area contributed by atoms with Gasteiger partial charge in [-0.05, 0) is 43.5 Å². The first-order valence-corrected chi connectivity index (χ1v) is 7.12. The molecule has 4 heteroatoms. The minimum atomic E-state index is -0.155. The van der Waals surface area contributed by atoms with Crippen LogP contribution in [-0.2, 0) is 4.79 Å². The molecule has 0 aromatic carbocycles. The molecule has 2 rings (SSSR count). The van der Waals surface area contributed by atoms with Crippen molar-refractivity contribution in [3.63, 3.8) is 0 Å². The summed E-state index contributed by atoms with van der Waals surface area (Å²) >= 11 is 0. The van der Waals surface area contributed by atoms with Gasteiger partial charge in [0.25, 0.3) is 0 Å². The van der Waals surface area contributed by atoms with Crippen molar-refractivity contribution < 1.29 is 4.79 Å². The molecule has 1 amide bonds. The number of rotatable bonds is 6. The number of hydrogen-bond donors (Lipinski definition) is 1. The molecule has 1 heterocycles. The second-order valence-electron chi connectivity index (χ2n) is 5.20. The van der Waals surface area contributed by atoms with E-state index < -0.39 is 0 Å². The maximum atomic E-state index is 11.5. The summed E-state index contributed by atoms with van der Waals surface area (Å²) in [6, 6.07) is 4.32. The standard InChI is InChI=1S/C15H23N3O/c1-3-18(4-2)14(11-6-5-9-17-10-11)12-7-8-13(12)15(16)19/h5-6,9-10,12-14H,3-4,7-8H2,1-2H3,(H2,16,19). The highest BCUT2D eigenvalue weighted by molar-refractivity contribution is 5.78. The Hall–Kier alpha value is -1.42. The third-order valence-corrected chi connectivity index (χ3v) is 4.33. The van der Waals surface area contributed by atoms with Gasteiger partial charge in [-0.15, -0.1) is 0 Å².